The van der Waals surface area contributed by atoms with E-state index in [0.717, 1.165) is 17.9 Å². The number of carbonyl (C=O) groups excluding carboxylic acids is 2. The van der Waals surface area contributed by atoms with Gasteiger partial charge in [0, 0.05) is 25.2 Å². The van der Waals surface area contributed by atoms with Gasteiger partial charge in [-0.05, 0) is 33.0 Å². The van der Waals surface area contributed by atoms with Crippen LogP contribution >= 0.6 is 0 Å². The molecule has 0 atom stereocenters. The SMILES string of the molecule is COc1ccccc1CNC(=O)C1(C(=O)NCCN(C)C)CC1. The quantitative estimate of drug-likeness (QED) is 0.694. The van der Waals surface area contributed by atoms with Gasteiger partial charge in [-0.25, -0.2) is 0 Å². The molecule has 0 heterocycles. The van der Waals surface area contributed by atoms with E-state index in [1.807, 2.05) is 43.3 Å². The molecule has 0 aromatic heterocycles. The minimum Gasteiger partial charge on any atom is -0.496 e. The van der Waals surface area contributed by atoms with Crippen LogP contribution < -0.4 is 15.4 Å². The van der Waals surface area contributed by atoms with Crippen LogP contribution in [0.1, 0.15) is 18.4 Å². The lowest BCUT2D eigenvalue weighted by atomic mass is 10.0. The second-order valence-electron chi connectivity index (χ2n) is 6.14. The fraction of sp³-hybridized carbons (Fsp3) is 0.529. The zero-order valence-corrected chi connectivity index (χ0v) is 14.0. The van der Waals surface area contributed by atoms with Crippen molar-refractivity contribution in [2.75, 3.05) is 34.3 Å². The number of amides is 2. The summed E-state index contributed by atoms with van der Waals surface area (Å²) in [6, 6.07) is 7.52. The summed E-state index contributed by atoms with van der Waals surface area (Å²) in [5.41, 5.74) is 0.0149. The molecule has 2 amide bonds. The molecule has 23 heavy (non-hydrogen) atoms. The van der Waals surface area contributed by atoms with Crippen molar-refractivity contribution in [2.45, 2.75) is 19.4 Å². The lowest BCUT2D eigenvalue weighted by molar-refractivity contribution is -0.137. The first-order valence-corrected chi connectivity index (χ1v) is 7.83. The molecule has 1 aromatic carbocycles. The standard InChI is InChI=1S/C17H25N3O3/c1-20(2)11-10-18-15(21)17(8-9-17)16(22)19-12-13-6-4-5-7-14(13)23-3/h4-7H,8-12H2,1-3H3,(H,18,21)(H,19,22). The number of hydrogen-bond acceptors (Lipinski definition) is 4. The van der Waals surface area contributed by atoms with Gasteiger partial charge in [-0.2, -0.15) is 0 Å². The van der Waals surface area contributed by atoms with Gasteiger partial charge >= 0.3 is 0 Å². The van der Waals surface area contributed by atoms with E-state index >= 15 is 0 Å². The van der Waals surface area contributed by atoms with Crippen LogP contribution in [0.4, 0.5) is 0 Å². The Morgan fingerprint density at radius 1 is 1.17 bits per heavy atom. The summed E-state index contributed by atoms with van der Waals surface area (Å²) in [5, 5.41) is 5.72. The molecule has 0 saturated heterocycles. The van der Waals surface area contributed by atoms with E-state index in [1.54, 1.807) is 7.11 Å². The highest BCUT2D eigenvalue weighted by molar-refractivity contribution is 6.07. The summed E-state index contributed by atoms with van der Waals surface area (Å²) in [4.78, 5) is 26.7. The van der Waals surface area contributed by atoms with E-state index in [9.17, 15) is 9.59 Å². The second kappa shape index (κ2) is 7.46. The van der Waals surface area contributed by atoms with Crippen molar-refractivity contribution in [1.82, 2.24) is 15.5 Å². The maximum Gasteiger partial charge on any atom is 0.235 e. The third-order valence-electron chi connectivity index (χ3n) is 4.10. The van der Waals surface area contributed by atoms with Crippen LogP contribution in [0.2, 0.25) is 0 Å². The normalized spacial score (nSPS) is 15.1. The third-order valence-corrected chi connectivity index (χ3v) is 4.10. The van der Waals surface area contributed by atoms with Crippen LogP contribution in [0.25, 0.3) is 0 Å². The number of methoxy groups -OCH3 is 1. The largest absolute Gasteiger partial charge is 0.496 e. The van der Waals surface area contributed by atoms with Crippen LogP contribution in [0.15, 0.2) is 24.3 Å². The van der Waals surface area contributed by atoms with Gasteiger partial charge in [0.05, 0.1) is 7.11 Å². The number of rotatable bonds is 8. The molecule has 6 nitrogen and oxygen atoms in total. The summed E-state index contributed by atoms with van der Waals surface area (Å²) >= 11 is 0. The Balaban J connectivity index is 1.88. The van der Waals surface area contributed by atoms with Crippen molar-refractivity contribution >= 4 is 11.8 Å². The first-order chi connectivity index (χ1) is 11.0. The molecule has 1 fully saturated rings. The molecule has 2 rings (SSSR count). The Bertz CT molecular complexity index is 568. The number of ether oxygens (including phenoxy) is 1. The highest BCUT2D eigenvalue weighted by Gasteiger charge is 2.56. The maximum atomic E-state index is 12.4. The fourth-order valence-corrected chi connectivity index (χ4v) is 2.44. The van der Waals surface area contributed by atoms with Gasteiger partial charge in [0.2, 0.25) is 11.8 Å². The molecule has 2 N–H and O–H groups in total. The molecule has 0 aliphatic heterocycles. The van der Waals surface area contributed by atoms with Crippen molar-refractivity contribution < 1.29 is 14.3 Å². The molecule has 0 radical (unpaired) electrons. The van der Waals surface area contributed by atoms with Gasteiger partial charge in [-0.1, -0.05) is 18.2 Å². The predicted octanol–water partition coefficient (Wildman–Crippen LogP) is 0.769. The molecular weight excluding hydrogens is 294 g/mol. The van der Waals surface area contributed by atoms with Crippen molar-refractivity contribution in [3.63, 3.8) is 0 Å². The lowest BCUT2D eigenvalue weighted by Gasteiger charge is -2.17. The highest BCUT2D eigenvalue weighted by Crippen LogP contribution is 2.46. The van der Waals surface area contributed by atoms with Crippen LogP contribution in [-0.4, -0.2) is 51.0 Å². The molecule has 1 saturated carbocycles. The number of benzene rings is 1. The summed E-state index contributed by atoms with van der Waals surface area (Å²) in [7, 11) is 5.49. The molecule has 1 aliphatic carbocycles. The number of nitrogens with zero attached hydrogens (tertiary/aromatic N) is 1. The Hall–Kier alpha value is -2.08. The van der Waals surface area contributed by atoms with E-state index < -0.39 is 5.41 Å². The van der Waals surface area contributed by atoms with E-state index in [2.05, 4.69) is 10.6 Å². The van der Waals surface area contributed by atoms with Gasteiger partial charge in [0.1, 0.15) is 11.2 Å². The Kier molecular flexibility index (Phi) is 5.60. The van der Waals surface area contributed by atoms with Gasteiger partial charge in [0.15, 0.2) is 0 Å². The van der Waals surface area contributed by atoms with Gasteiger partial charge in [0.25, 0.3) is 0 Å². The topological polar surface area (TPSA) is 70.7 Å². The average Bonchev–Trinajstić information content (AvgIpc) is 3.34. The predicted molar refractivity (Wildman–Crippen MR) is 88.1 cm³/mol. The lowest BCUT2D eigenvalue weighted by Crippen LogP contribution is -2.44. The van der Waals surface area contributed by atoms with Crippen LogP contribution in [0.3, 0.4) is 0 Å². The first-order valence-electron chi connectivity index (χ1n) is 7.83. The molecular formula is C17H25N3O3. The Morgan fingerprint density at radius 2 is 1.83 bits per heavy atom. The van der Waals surface area contributed by atoms with Crippen molar-refractivity contribution in [3.8, 4) is 5.75 Å². The minimum atomic E-state index is -0.881. The molecule has 0 bridgehead atoms. The molecule has 6 heteroatoms. The Morgan fingerprint density at radius 3 is 2.43 bits per heavy atom. The van der Waals surface area contributed by atoms with E-state index in [0.29, 0.717) is 25.9 Å². The number of nitrogens with one attached hydrogen (secondary N) is 2. The van der Waals surface area contributed by atoms with Crippen LogP contribution in [0.5, 0.6) is 5.75 Å². The number of para-hydroxylation sites is 1. The van der Waals surface area contributed by atoms with E-state index in [4.69, 9.17) is 4.74 Å². The highest BCUT2D eigenvalue weighted by atomic mass is 16.5. The number of hydrogen-bond donors (Lipinski definition) is 2. The van der Waals surface area contributed by atoms with Gasteiger partial charge in [-0.3, -0.25) is 9.59 Å². The summed E-state index contributed by atoms with van der Waals surface area (Å²) in [5.74, 6) is 0.357. The van der Waals surface area contributed by atoms with Crippen molar-refractivity contribution in [1.29, 1.82) is 0 Å². The summed E-state index contributed by atoms with van der Waals surface area (Å²) in [6.07, 6.45) is 1.22. The summed E-state index contributed by atoms with van der Waals surface area (Å²) < 4.78 is 5.27. The maximum absolute atomic E-state index is 12.4. The summed E-state index contributed by atoms with van der Waals surface area (Å²) in [6.45, 7) is 1.66. The Labute approximate surface area is 137 Å². The van der Waals surface area contributed by atoms with Crippen molar-refractivity contribution in [2.24, 2.45) is 5.41 Å². The fourth-order valence-electron chi connectivity index (χ4n) is 2.44. The van der Waals surface area contributed by atoms with Gasteiger partial charge in [-0.15, -0.1) is 0 Å². The third kappa shape index (κ3) is 4.22. The number of likely N-dealkylation sites (N-methyl/N-ethyl adjacent to an activating group) is 1. The van der Waals surface area contributed by atoms with Crippen molar-refractivity contribution in [3.05, 3.63) is 29.8 Å². The molecule has 1 aliphatic rings. The zero-order valence-electron chi connectivity index (χ0n) is 14.0. The minimum absolute atomic E-state index is 0.170. The molecule has 0 unspecified atom stereocenters. The molecule has 0 spiro atoms. The first kappa shape index (κ1) is 17.3. The molecule has 1 aromatic rings. The van der Waals surface area contributed by atoms with E-state index in [-0.39, 0.29) is 11.8 Å². The van der Waals surface area contributed by atoms with Gasteiger partial charge < -0.3 is 20.3 Å². The monoisotopic (exact) mass is 319 g/mol. The number of carbonyl (C=O) groups is 2. The smallest absolute Gasteiger partial charge is 0.235 e. The second-order valence-corrected chi connectivity index (χ2v) is 6.14. The molecule has 126 valence electrons. The van der Waals surface area contributed by atoms with Crippen LogP contribution in [-0.2, 0) is 16.1 Å². The average molecular weight is 319 g/mol. The van der Waals surface area contributed by atoms with Crippen LogP contribution in [0, 0.1) is 5.41 Å². The van der Waals surface area contributed by atoms with E-state index in [1.165, 1.54) is 0 Å². The zero-order chi connectivity index (χ0) is 16.9.